The number of hydrogen-bond acceptors (Lipinski definition) is 8. The number of nitrogens with zero attached hydrogens (tertiary/aromatic N) is 6. The molecule has 1 fully saturated rings. The van der Waals surface area contributed by atoms with Crippen molar-refractivity contribution in [3.05, 3.63) is 88.9 Å². The van der Waals surface area contributed by atoms with Gasteiger partial charge in [0, 0.05) is 50.5 Å². The van der Waals surface area contributed by atoms with Gasteiger partial charge in [0.05, 0.1) is 17.6 Å². The van der Waals surface area contributed by atoms with E-state index in [1.165, 1.54) is 21.2 Å². The lowest BCUT2D eigenvalue weighted by Crippen LogP contribution is -2.50. The summed E-state index contributed by atoms with van der Waals surface area (Å²) in [5, 5.41) is 3.92. The van der Waals surface area contributed by atoms with E-state index in [0.29, 0.717) is 54.8 Å². The van der Waals surface area contributed by atoms with Crippen molar-refractivity contribution in [2.75, 3.05) is 47.6 Å². The largest absolute Gasteiger partial charge is 0.333 e. The highest BCUT2D eigenvalue weighted by Gasteiger charge is 2.33. The van der Waals surface area contributed by atoms with Gasteiger partial charge in [0.1, 0.15) is 11.3 Å². The molecule has 2 aliphatic heterocycles. The summed E-state index contributed by atoms with van der Waals surface area (Å²) in [5.41, 5.74) is 5.19. The normalized spacial score (nSPS) is 15.7. The predicted octanol–water partition coefficient (Wildman–Crippen LogP) is 3.49. The molecule has 43 heavy (non-hydrogen) atoms. The van der Waals surface area contributed by atoms with Crippen LogP contribution in [-0.4, -0.2) is 65.6 Å². The number of sulfonamides is 1. The predicted molar refractivity (Wildman–Crippen MR) is 169 cm³/mol. The minimum Gasteiger partial charge on any atom is -0.333 e. The molecule has 2 aromatic carbocycles. The zero-order valence-electron chi connectivity index (χ0n) is 24.3. The first kappa shape index (κ1) is 28.6. The third-order valence-corrected chi connectivity index (χ3v) is 9.35. The van der Waals surface area contributed by atoms with Crippen LogP contribution in [0.1, 0.15) is 11.1 Å². The van der Waals surface area contributed by atoms with Crippen molar-refractivity contribution in [3.63, 3.8) is 0 Å². The maximum absolute atomic E-state index is 13.7. The Morgan fingerprint density at radius 2 is 1.86 bits per heavy atom. The molecule has 4 heterocycles. The van der Waals surface area contributed by atoms with Crippen molar-refractivity contribution in [1.29, 1.82) is 0 Å². The molecule has 0 bridgehead atoms. The molecule has 0 unspecified atom stereocenters. The quantitative estimate of drug-likeness (QED) is 0.321. The molecule has 222 valence electrons. The number of hydrogen-bond donors (Lipinski definition) is 1. The van der Waals surface area contributed by atoms with Crippen LogP contribution >= 0.6 is 0 Å². The first-order valence-electron chi connectivity index (χ1n) is 14.0. The van der Waals surface area contributed by atoms with Crippen LogP contribution in [0.25, 0.3) is 11.0 Å². The first-order chi connectivity index (χ1) is 20.5. The number of benzene rings is 2. The number of nitrogens with one attached hydrogen (secondary N) is 1. The molecule has 1 saturated heterocycles. The summed E-state index contributed by atoms with van der Waals surface area (Å²) in [4.78, 5) is 39.0. The highest BCUT2D eigenvalue weighted by molar-refractivity contribution is 7.88. The van der Waals surface area contributed by atoms with Crippen molar-refractivity contribution >= 4 is 55.7 Å². The van der Waals surface area contributed by atoms with Gasteiger partial charge in [0.2, 0.25) is 16.0 Å². The zero-order valence-corrected chi connectivity index (χ0v) is 25.1. The van der Waals surface area contributed by atoms with E-state index in [2.05, 4.69) is 21.9 Å². The van der Waals surface area contributed by atoms with E-state index in [-0.39, 0.29) is 11.5 Å². The monoisotopic (exact) mass is 599 g/mol. The zero-order chi connectivity index (χ0) is 30.5. The summed E-state index contributed by atoms with van der Waals surface area (Å²) in [5.74, 6) is 0.506. The standard InChI is InChI=1S/C31H33N7O4S/c1-5-27(39)38-14-13-37(25-8-6-7-20(2)28(25)38)26-16-23-17-32-31(34-29(23)35(3)30(26)40)33-24-11-9-21(10-12-24)15-22-18-36(19-22)43(4,41)42/h5-12,16-17,22H,1,13-15,18-19H2,2-4H3,(H,32,33,34). The van der Waals surface area contributed by atoms with Gasteiger partial charge >= 0.3 is 0 Å². The molecule has 0 aliphatic carbocycles. The second kappa shape index (κ2) is 10.9. The van der Waals surface area contributed by atoms with Crippen molar-refractivity contribution in [2.45, 2.75) is 13.3 Å². The van der Waals surface area contributed by atoms with Gasteiger partial charge in [-0.15, -0.1) is 0 Å². The van der Waals surface area contributed by atoms with Gasteiger partial charge in [0.25, 0.3) is 11.5 Å². The van der Waals surface area contributed by atoms with E-state index in [0.717, 1.165) is 34.6 Å². The minimum absolute atomic E-state index is 0.177. The van der Waals surface area contributed by atoms with Crippen LogP contribution in [0.5, 0.6) is 0 Å². The van der Waals surface area contributed by atoms with Crippen molar-refractivity contribution in [2.24, 2.45) is 13.0 Å². The number of amides is 1. The summed E-state index contributed by atoms with van der Waals surface area (Å²) in [7, 11) is -1.42. The number of para-hydroxylation sites is 1. The van der Waals surface area contributed by atoms with E-state index in [1.807, 2.05) is 54.3 Å². The molecule has 1 amide bonds. The molecular formula is C31H33N7O4S. The van der Waals surface area contributed by atoms with Crippen molar-refractivity contribution < 1.29 is 13.2 Å². The van der Waals surface area contributed by atoms with E-state index in [9.17, 15) is 18.0 Å². The van der Waals surface area contributed by atoms with Crippen LogP contribution < -0.4 is 20.7 Å². The molecule has 12 heteroatoms. The maximum atomic E-state index is 13.7. The molecule has 2 aliphatic rings. The third kappa shape index (κ3) is 5.39. The van der Waals surface area contributed by atoms with Crippen LogP contribution in [0.4, 0.5) is 28.7 Å². The Labute approximate surface area is 250 Å². The highest BCUT2D eigenvalue weighted by atomic mass is 32.2. The molecule has 0 atom stereocenters. The summed E-state index contributed by atoms with van der Waals surface area (Å²) < 4.78 is 26.2. The smallest absolute Gasteiger partial charge is 0.275 e. The number of aromatic nitrogens is 3. The second-order valence-electron chi connectivity index (χ2n) is 11.1. The van der Waals surface area contributed by atoms with Gasteiger partial charge in [-0.3, -0.25) is 14.2 Å². The Balaban J connectivity index is 1.23. The van der Waals surface area contributed by atoms with Gasteiger partial charge in [-0.05, 0) is 60.7 Å². The minimum atomic E-state index is -3.11. The molecule has 0 radical (unpaired) electrons. The maximum Gasteiger partial charge on any atom is 0.275 e. The number of carbonyl (C=O) groups is 1. The lowest BCUT2D eigenvalue weighted by Gasteiger charge is -2.38. The number of anilines is 5. The number of aryl methyl sites for hydroxylation is 2. The molecular weight excluding hydrogens is 566 g/mol. The van der Waals surface area contributed by atoms with Gasteiger partial charge in [0.15, 0.2) is 0 Å². The summed E-state index contributed by atoms with van der Waals surface area (Å²) >= 11 is 0. The fraction of sp³-hybridized carbons (Fsp3) is 0.290. The van der Waals surface area contributed by atoms with E-state index in [4.69, 9.17) is 0 Å². The first-order valence-corrected chi connectivity index (χ1v) is 15.9. The van der Waals surface area contributed by atoms with E-state index >= 15 is 0 Å². The van der Waals surface area contributed by atoms with Crippen LogP contribution in [0.2, 0.25) is 0 Å². The van der Waals surface area contributed by atoms with Gasteiger partial charge in [-0.1, -0.05) is 30.8 Å². The van der Waals surface area contributed by atoms with E-state index < -0.39 is 10.0 Å². The Morgan fingerprint density at radius 3 is 2.56 bits per heavy atom. The summed E-state index contributed by atoms with van der Waals surface area (Å²) in [6.45, 7) is 7.57. The van der Waals surface area contributed by atoms with E-state index in [1.54, 1.807) is 24.2 Å². The fourth-order valence-corrected chi connectivity index (χ4v) is 6.78. The molecule has 2 aromatic heterocycles. The molecule has 1 N–H and O–H groups in total. The molecule has 6 rings (SSSR count). The number of rotatable bonds is 7. The fourth-order valence-electron chi connectivity index (χ4n) is 5.82. The number of pyridine rings is 1. The Hall–Kier alpha value is -4.55. The Bertz CT molecular complexity index is 1920. The van der Waals surface area contributed by atoms with Crippen LogP contribution in [0, 0.1) is 12.8 Å². The Kier molecular flexibility index (Phi) is 7.26. The highest BCUT2D eigenvalue weighted by Crippen LogP contribution is 2.39. The summed E-state index contributed by atoms with van der Waals surface area (Å²) in [6, 6.07) is 15.5. The van der Waals surface area contributed by atoms with Gasteiger partial charge in [-0.2, -0.15) is 4.98 Å². The van der Waals surface area contributed by atoms with Gasteiger partial charge < -0.3 is 15.1 Å². The molecule has 4 aromatic rings. The number of carbonyl (C=O) groups excluding carboxylic acids is 1. The average Bonchev–Trinajstić information content (AvgIpc) is 2.96. The number of fused-ring (bicyclic) bond motifs is 2. The molecule has 0 spiro atoms. The Morgan fingerprint density at radius 1 is 1.12 bits per heavy atom. The topological polar surface area (TPSA) is 121 Å². The van der Waals surface area contributed by atoms with Crippen LogP contribution in [-0.2, 0) is 28.3 Å². The van der Waals surface area contributed by atoms with Crippen LogP contribution in [0.15, 0.2) is 72.2 Å². The van der Waals surface area contributed by atoms with Crippen molar-refractivity contribution in [3.8, 4) is 0 Å². The lowest BCUT2D eigenvalue weighted by molar-refractivity contribution is -0.114. The second-order valence-corrected chi connectivity index (χ2v) is 13.1. The molecule has 11 nitrogen and oxygen atoms in total. The SMILES string of the molecule is C=CC(=O)N1CCN(c2cc3cnc(Nc4ccc(CC5CN(S(C)(=O)=O)C5)cc4)nc3n(C)c2=O)c2cccc(C)c21. The van der Waals surface area contributed by atoms with Gasteiger partial charge in [-0.25, -0.2) is 17.7 Å². The third-order valence-electron chi connectivity index (χ3n) is 8.11. The summed E-state index contributed by atoms with van der Waals surface area (Å²) in [6.07, 6.45) is 5.06. The lowest BCUT2D eigenvalue weighted by atomic mass is 9.94. The van der Waals surface area contributed by atoms with Crippen molar-refractivity contribution in [1.82, 2.24) is 18.8 Å². The van der Waals surface area contributed by atoms with Crippen LogP contribution in [0.3, 0.4) is 0 Å². The average molecular weight is 600 g/mol. The molecule has 0 saturated carbocycles.